The molecule has 0 radical (unpaired) electrons. The van der Waals surface area contributed by atoms with E-state index in [0.717, 1.165) is 24.2 Å². The second-order valence-electron chi connectivity index (χ2n) is 6.56. The van der Waals surface area contributed by atoms with Crippen LogP contribution in [0.25, 0.3) is 0 Å². The number of imide groups is 1. The van der Waals surface area contributed by atoms with E-state index >= 15 is 0 Å². The average molecular weight is 350 g/mol. The molecule has 1 N–H and O–H groups in total. The third-order valence-corrected chi connectivity index (χ3v) is 5.90. The molecule has 1 aromatic heterocycles. The van der Waals surface area contributed by atoms with Crippen LogP contribution in [-0.2, 0) is 16.6 Å². The molecular weight excluding hydrogens is 328 g/mol. The fourth-order valence-corrected chi connectivity index (χ4v) is 4.20. The Hall–Kier alpha value is -1.96. The van der Waals surface area contributed by atoms with Crippen molar-refractivity contribution < 1.29 is 14.4 Å². The van der Waals surface area contributed by atoms with Crippen molar-refractivity contribution in [1.82, 2.24) is 14.8 Å². The maximum atomic E-state index is 12.7. The minimum atomic E-state index is -0.809. The van der Waals surface area contributed by atoms with Crippen LogP contribution in [0.4, 0.5) is 4.79 Å². The topological polar surface area (TPSA) is 83.8 Å². The van der Waals surface area contributed by atoms with Gasteiger partial charge in [0.2, 0.25) is 0 Å². The SMILES string of the molecule is CCC1CCC2(CC1)NC(=O)N(CC(=O)N=c1sccn1C)C2=O. The van der Waals surface area contributed by atoms with Gasteiger partial charge in [-0.15, -0.1) is 11.3 Å². The Balaban J connectivity index is 1.71. The number of nitrogens with zero attached hydrogens (tertiary/aromatic N) is 3. The molecule has 2 heterocycles. The first-order valence-corrected chi connectivity index (χ1v) is 9.15. The highest BCUT2D eigenvalue weighted by atomic mass is 32.1. The van der Waals surface area contributed by atoms with E-state index in [2.05, 4.69) is 17.2 Å². The van der Waals surface area contributed by atoms with Gasteiger partial charge in [0.1, 0.15) is 12.1 Å². The van der Waals surface area contributed by atoms with Crippen molar-refractivity contribution in [1.29, 1.82) is 0 Å². The van der Waals surface area contributed by atoms with Crippen molar-refractivity contribution in [2.45, 2.75) is 44.6 Å². The standard InChI is InChI=1S/C16H22N4O3S/c1-3-11-4-6-16(7-5-11)13(22)20(14(23)18-16)10-12(21)17-15-19(2)8-9-24-15/h8-9,11H,3-7,10H2,1-2H3,(H,18,23). The largest absolute Gasteiger partial charge is 0.327 e. The van der Waals surface area contributed by atoms with Crippen LogP contribution in [0.1, 0.15) is 39.0 Å². The molecule has 1 aliphatic carbocycles. The Bertz CT molecular complexity index is 728. The van der Waals surface area contributed by atoms with Gasteiger partial charge in [-0.05, 0) is 31.6 Å². The van der Waals surface area contributed by atoms with Gasteiger partial charge >= 0.3 is 6.03 Å². The number of carbonyl (C=O) groups excluding carboxylic acids is 3. The summed E-state index contributed by atoms with van der Waals surface area (Å²) >= 11 is 1.33. The summed E-state index contributed by atoms with van der Waals surface area (Å²) in [6, 6.07) is -0.478. The minimum Gasteiger partial charge on any atom is -0.327 e. The van der Waals surface area contributed by atoms with E-state index in [-0.39, 0.29) is 12.5 Å². The molecule has 8 heteroatoms. The number of urea groups is 1. The first-order valence-electron chi connectivity index (χ1n) is 8.27. The zero-order chi connectivity index (χ0) is 17.3. The van der Waals surface area contributed by atoms with E-state index in [1.807, 2.05) is 5.38 Å². The van der Waals surface area contributed by atoms with Gasteiger partial charge in [-0.2, -0.15) is 4.99 Å². The number of nitrogens with one attached hydrogen (secondary N) is 1. The Labute approximate surface area is 144 Å². The summed E-state index contributed by atoms with van der Waals surface area (Å²) in [4.78, 5) is 42.6. The number of hydrogen-bond acceptors (Lipinski definition) is 4. The first-order chi connectivity index (χ1) is 11.4. The van der Waals surface area contributed by atoms with Gasteiger partial charge in [-0.1, -0.05) is 13.3 Å². The second kappa shape index (κ2) is 6.51. The maximum Gasteiger partial charge on any atom is 0.325 e. The van der Waals surface area contributed by atoms with E-state index in [4.69, 9.17) is 0 Å². The van der Waals surface area contributed by atoms with E-state index in [9.17, 15) is 14.4 Å². The van der Waals surface area contributed by atoms with Crippen LogP contribution < -0.4 is 10.1 Å². The lowest BCUT2D eigenvalue weighted by molar-refractivity contribution is -0.135. The van der Waals surface area contributed by atoms with E-state index < -0.39 is 17.5 Å². The van der Waals surface area contributed by atoms with Gasteiger partial charge in [0, 0.05) is 18.6 Å². The van der Waals surface area contributed by atoms with Crippen molar-refractivity contribution in [3.63, 3.8) is 0 Å². The number of aromatic nitrogens is 1. The molecule has 7 nitrogen and oxygen atoms in total. The number of thiazole rings is 1. The molecule has 24 heavy (non-hydrogen) atoms. The van der Waals surface area contributed by atoms with Crippen molar-refractivity contribution in [3.8, 4) is 0 Å². The fraction of sp³-hybridized carbons (Fsp3) is 0.625. The summed E-state index contributed by atoms with van der Waals surface area (Å²) in [7, 11) is 1.79. The van der Waals surface area contributed by atoms with Gasteiger partial charge in [0.05, 0.1) is 0 Å². The third kappa shape index (κ3) is 3.02. The molecule has 2 fully saturated rings. The summed E-state index contributed by atoms with van der Waals surface area (Å²) in [5.41, 5.74) is -0.809. The lowest BCUT2D eigenvalue weighted by atomic mass is 9.75. The van der Waals surface area contributed by atoms with Crippen LogP contribution in [0.2, 0.25) is 0 Å². The molecule has 1 saturated carbocycles. The van der Waals surface area contributed by atoms with Crippen LogP contribution in [0.5, 0.6) is 0 Å². The molecule has 130 valence electrons. The zero-order valence-electron chi connectivity index (χ0n) is 13.9. The molecular formula is C16H22N4O3S. The predicted molar refractivity (Wildman–Crippen MR) is 89.1 cm³/mol. The second-order valence-corrected chi connectivity index (χ2v) is 7.43. The van der Waals surface area contributed by atoms with Crippen molar-refractivity contribution >= 4 is 29.2 Å². The van der Waals surface area contributed by atoms with E-state index in [0.29, 0.717) is 23.6 Å². The van der Waals surface area contributed by atoms with Crippen molar-refractivity contribution in [2.24, 2.45) is 18.0 Å². The molecule has 3 rings (SSSR count). The lowest BCUT2D eigenvalue weighted by Crippen LogP contribution is -2.49. The molecule has 0 aromatic carbocycles. The molecule has 0 unspecified atom stereocenters. The summed E-state index contributed by atoms with van der Waals surface area (Å²) in [5.74, 6) is -0.151. The summed E-state index contributed by atoms with van der Waals surface area (Å²) in [5, 5.41) is 4.65. The van der Waals surface area contributed by atoms with Crippen molar-refractivity contribution in [2.75, 3.05) is 6.54 Å². The summed E-state index contributed by atoms with van der Waals surface area (Å²) in [6.45, 7) is 1.84. The highest BCUT2D eigenvalue weighted by Crippen LogP contribution is 2.37. The Morgan fingerprint density at radius 3 is 2.71 bits per heavy atom. The Kier molecular flexibility index (Phi) is 4.58. The van der Waals surface area contributed by atoms with Gasteiger partial charge in [0.25, 0.3) is 11.8 Å². The number of aryl methyl sites for hydroxylation is 1. The maximum absolute atomic E-state index is 12.7. The molecule has 1 aromatic rings. The van der Waals surface area contributed by atoms with Gasteiger partial charge in [-0.25, -0.2) is 4.79 Å². The van der Waals surface area contributed by atoms with Crippen LogP contribution in [0.3, 0.4) is 0 Å². The normalized spacial score (nSPS) is 27.8. The van der Waals surface area contributed by atoms with Crippen LogP contribution in [0, 0.1) is 5.92 Å². The average Bonchev–Trinajstić information content (AvgIpc) is 3.05. The number of amides is 4. The number of rotatable bonds is 3. The van der Waals surface area contributed by atoms with Gasteiger partial charge < -0.3 is 9.88 Å². The molecule has 2 aliphatic rings. The van der Waals surface area contributed by atoms with E-state index in [1.165, 1.54) is 11.3 Å². The predicted octanol–water partition coefficient (Wildman–Crippen LogP) is 1.40. The van der Waals surface area contributed by atoms with Crippen LogP contribution in [0.15, 0.2) is 16.6 Å². The quantitative estimate of drug-likeness (QED) is 0.837. The molecule has 0 bridgehead atoms. The van der Waals surface area contributed by atoms with Crippen molar-refractivity contribution in [3.05, 3.63) is 16.4 Å². The van der Waals surface area contributed by atoms with Crippen LogP contribution >= 0.6 is 11.3 Å². The molecule has 0 atom stereocenters. The first kappa shape index (κ1) is 16.9. The summed E-state index contributed by atoms with van der Waals surface area (Å²) in [6.07, 6.45) is 6.05. The molecule has 1 saturated heterocycles. The molecule has 4 amide bonds. The lowest BCUT2D eigenvalue weighted by Gasteiger charge is -2.34. The smallest absolute Gasteiger partial charge is 0.325 e. The monoisotopic (exact) mass is 350 g/mol. The van der Waals surface area contributed by atoms with Gasteiger partial charge in [0.15, 0.2) is 4.80 Å². The Morgan fingerprint density at radius 1 is 1.42 bits per heavy atom. The highest BCUT2D eigenvalue weighted by molar-refractivity contribution is 7.07. The number of hydrogen-bond donors (Lipinski definition) is 1. The molecule has 1 aliphatic heterocycles. The Morgan fingerprint density at radius 2 is 2.12 bits per heavy atom. The summed E-state index contributed by atoms with van der Waals surface area (Å²) < 4.78 is 1.72. The zero-order valence-corrected chi connectivity index (χ0v) is 14.8. The van der Waals surface area contributed by atoms with Gasteiger partial charge in [-0.3, -0.25) is 14.5 Å². The van der Waals surface area contributed by atoms with Crippen LogP contribution in [-0.4, -0.2) is 39.4 Å². The molecule has 1 spiro atoms. The fourth-order valence-electron chi connectivity index (χ4n) is 3.45. The number of carbonyl (C=O) groups is 3. The third-order valence-electron chi connectivity index (χ3n) is 5.06. The minimum absolute atomic E-state index is 0.277. The van der Waals surface area contributed by atoms with E-state index in [1.54, 1.807) is 17.8 Å². The highest BCUT2D eigenvalue weighted by Gasteiger charge is 2.52.